The zero-order valence-corrected chi connectivity index (χ0v) is 9.17. The third-order valence-electron chi connectivity index (χ3n) is 1.70. The SMILES string of the molecule is Cc1ccc(Cl)c(OC(=O)NCCN)c1. The van der Waals surface area contributed by atoms with E-state index in [4.69, 9.17) is 22.1 Å². The maximum Gasteiger partial charge on any atom is 0.412 e. The summed E-state index contributed by atoms with van der Waals surface area (Å²) in [4.78, 5) is 11.2. The number of hydrogen-bond donors (Lipinski definition) is 2. The number of aryl methyl sites for hydroxylation is 1. The fourth-order valence-electron chi connectivity index (χ4n) is 0.999. The molecule has 0 bridgehead atoms. The molecule has 0 aliphatic rings. The molecule has 5 heteroatoms. The van der Waals surface area contributed by atoms with E-state index in [1.54, 1.807) is 12.1 Å². The maximum absolute atomic E-state index is 11.2. The zero-order chi connectivity index (χ0) is 11.3. The second kappa shape index (κ2) is 5.58. The normalized spacial score (nSPS) is 9.80. The van der Waals surface area contributed by atoms with Crippen LogP contribution in [0.3, 0.4) is 0 Å². The first-order valence-corrected chi connectivity index (χ1v) is 4.93. The molecule has 15 heavy (non-hydrogen) atoms. The first kappa shape index (κ1) is 11.8. The van der Waals surface area contributed by atoms with Crippen LogP contribution in [0.15, 0.2) is 18.2 Å². The average molecular weight is 229 g/mol. The predicted octanol–water partition coefficient (Wildman–Crippen LogP) is 1.70. The molecule has 0 heterocycles. The molecule has 0 spiro atoms. The minimum Gasteiger partial charge on any atom is -0.409 e. The molecule has 0 aliphatic heterocycles. The molecule has 0 radical (unpaired) electrons. The summed E-state index contributed by atoms with van der Waals surface area (Å²) < 4.78 is 4.99. The minimum absolute atomic E-state index is 0.353. The Hall–Kier alpha value is -1.26. The van der Waals surface area contributed by atoms with Gasteiger partial charge in [-0.2, -0.15) is 0 Å². The number of ether oxygens (including phenoxy) is 1. The Morgan fingerprint density at radius 2 is 2.33 bits per heavy atom. The van der Waals surface area contributed by atoms with Crippen molar-refractivity contribution >= 4 is 17.7 Å². The van der Waals surface area contributed by atoms with E-state index in [-0.39, 0.29) is 0 Å². The number of rotatable bonds is 3. The number of nitrogens with one attached hydrogen (secondary N) is 1. The van der Waals surface area contributed by atoms with Gasteiger partial charge in [0.25, 0.3) is 0 Å². The Kier molecular flexibility index (Phi) is 4.39. The Morgan fingerprint density at radius 1 is 1.60 bits per heavy atom. The third-order valence-corrected chi connectivity index (χ3v) is 2.02. The topological polar surface area (TPSA) is 64.3 Å². The summed E-state index contributed by atoms with van der Waals surface area (Å²) >= 11 is 5.84. The second-order valence-corrected chi connectivity index (χ2v) is 3.45. The van der Waals surface area contributed by atoms with Gasteiger partial charge in [0, 0.05) is 13.1 Å². The lowest BCUT2D eigenvalue weighted by molar-refractivity contribution is 0.201. The van der Waals surface area contributed by atoms with Crippen LogP contribution in [-0.2, 0) is 0 Å². The highest BCUT2D eigenvalue weighted by Gasteiger charge is 2.07. The standard InChI is InChI=1S/C10H13ClN2O2/c1-7-2-3-8(11)9(6-7)15-10(14)13-5-4-12/h2-3,6H,4-5,12H2,1H3,(H,13,14). The van der Waals surface area contributed by atoms with Crippen molar-refractivity contribution in [2.24, 2.45) is 5.73 Å². The van der Waals surface area contributed by atoms with Crippen LogP contribution in [0, 0.1) is 6.92 Å². The minimum atomic E-state index is -0.548. The summed E-state index contributed by atoms with van der Waals surface area (Å²) in [5.74, 6) is 0.353. The van der Waals surface area contributed by atoms with Gasteiger partial charge in [-0.25, -0.2) is 4.79 Å². The molecule has 3 N–H and O–H groups in total. The van der Waals surface area contributed by atoms with E-state index in [1.165, 1.54) is 0 Å². The molecule has 0 atom stereocenters. The molecule has 0 aromatic heterocycles. The highest BCUT2D eigenvalue weighted by Crippen LogP contribution is 2.25. The lowest BCUT2D eigenvalue weighted by atomic mass is 10.2. The van der Waals surface area contributed by atoms with Gasteiger partial charge in [0.05, 0.1) is 5.02 Å². The summed E-state index contributed by atoms with van der Waals surface area (Å²) in [5, 5.41) is 2.89. The van der Waals surface area contributed by atoms with Gasteiger partial charge in [-0.1, -0.05) is 17.7 Å². The lowest BCUT2D eigenvalue weighted by Gasteiger charge is -2.07. The van der Waals surface area contributed by atoms with Crippen LogP contribution in [0.4, 0.5) is 4.79 Å². The molecule has 1 amide bonds. The molecule has 0 aliphatic carbocycles. The molecular weight excluding hydrogens is 216 g/mol. The molecule has 0 unspecified atom stereocenters. The van der Waals surface area contributed by atoms with Crippen molar-refractivity contribution in [1.82, 2.24) is 5.32 Å². The van der Waals surface area contributed by atoms with Gasteiger partial charge in [0.1, 0.15) is 0 Å². The largest absolute Gasteiger partial charge is 0.412 e. The van der Waals surface area contributed by atoms with Gasteiger partial charge in [0.15, 0.2) is 5.75 Å². The molecule has 0 saturated heterocycles. The van der Waals surface area contributed by atoms with Crippen molar-refractivity contribution < 1.29 is 9.53 Å². The van der Waals surface area contributed by atoms with Crippen molar-refractivity contribution in [3.8, 4) is 5.75 Å². The summed E-state index contributed by atoms with van der Waals surface area (Å²) in [5.41, 5.74) is 6.20. The van der Waals surface area contributed by atoms with Gasteiger partial charge in [-0.3, -0.25) is 0 Å². The first-order valence-electron chi connectivity index (χ1n) is 4.55. The van der Waals surface area contributed by atoms with Crippen LogP contribution in [0.1, 0.15) is 5.56 Å². The van der Waals surface area contributed by atoms with Crippen LogP contribution < -0.4 is 15.8 Å². The number of amides is 1. The monoisotopic (exact) mass is 228 g/mol. The van der Waals surface area contributed by atoms with Crippen molar-refractivity contribution in [3.05, 3.63) is 28.8 Å². The molecule has 1 aromatic rings. The maximum atomic E-state index is 11.2. The fraction of sp³-hybridized carbons (Fsp3) is 0.300. The van der Waals surface area contributed by atoms with E-state index in [9.17, 15) is 4.79 Å². The first-order chi connectivity index (χ1) is 7.13. The van der Waals surface area contributed by atoms with E-state index < -0.39 is 6.09 Å². The number of carbonyl (C=O) groups excluding carboxylic acids is 1. The van der Waals surface area contributed by atoms with Crippen molar-refractivity contribution in [1.29, 1.82) is 0 Å². The summed E-state index contributed by atoms with van der Waals surface area (Å²) in [6.07, 6.45) is -0.548. The van der Waals surface area contributed by atoms with Crippen molar-refractivity contribution in [2.75, 3.05) is 13.1 Å². The van der Waals surface area contributed by atoms with Crippen molar-refractivity contribution in [2.45, 2.75) is 6.92 Å². The Bertz CT molecular complexity index is 355. The van der Waals surface area contributed by atoms with E-state index in [1.807, 2.05) is 13.0 Å². The van der Waals surface area contributed by atoms with E-state index in [0.717, 1.165) is 5.56 Å². The smallest absolute Gasteiger partial charge is 0.409 e. The van der Waals surface area contributed by atoms with Crippen LogP contribution in [-0.4, -0.2) is 19.2 Å². The quantitative estimate of drug-likeness (QED) is 0.828. The zero-order valence-electron chi connectivity index (χ0n) is 8.42. The highest BCUT2D eigenvalue weighted by molar-refractivity contribution is 6.32. The Morgan fingerprint density at radius 3 is 3.00 bits per heavy atom. The molecule has 0 saturated carbocycles. The van der Waals surface area contributed by atoms with E-state index in [2.05, 4.69) is 5.32 Å². The molecule has 1 aromatic carbocycles. The highest BCUT2D eigenvalue weighted by atomic mass is 35.5. The predicted molar refractivity (Wildman–Crippen MR) is 59.3 cm³/mol. The van der Waals surface area contributed by atoms with Crippen LogP contribution >= 0.6 is 11.6 Å². The fourth-order valence-corrected chi connectivity index (χ4v) is 1.16. The molecule has 0 fully saturated rings. The van der Waals surface area contributed by atoms with E-state index >= 15 is 0 Å². The average Bonchev–Trinajstić information content (AvgIpc) is 2.20. The van der Waals surface area contributed by atoms with Crippen molar-refractivity contribution in [3.63, 3.8) is 0 Å². The van der Waals surface area contributed by atoms with E-state index in [0.29, 0.717) is 23.9 Å². The molecule has 4 nitrogen and oxygen atoms in total. The lowest BCUT2D eigenvalue weighted by Crippen LogP contribution is -2.31. The van der Waals surface area contributed by atoms with Gasteiger partial charge >= 0.3 is 6.09 Å². The summed E-state index contributed by atoms with van der Waals surface area (Å²) in [7, 11) is 0. The number of hydrogen-bond acceptors (Lipinski definition) is 3. The van der Waals surface area contributed by atoms with Crippen LogP contribution in [0.25, 0.3) is 0 Å². The van der Waals surface area contributed by atoms with Gasteiger partial charge in [0.2, 0.25) is 0 Å². The third kappa shape index (κ3) is 3.77. The van der Waals surface area contributed by atoms with Crippen LogP contribution in [0.2, 0.25) is 5.02 Å². The number of halogens is 1. The number of carbonyl (C=O) groups is 1. The van der Waals surface area contributed by atoms with Gasteiger partial charge in [-0.05, 0) is 24.6 Å². The summed E-state index contributed by atoms with van der Waals surface area (Å²) in [6, 6.07) is 5.22. The number of benzene rings is 1. The molecule has 82 valence electrons. The Balaban J connectivity index is 2.63. The second-order valence-electron chi connectivity index (χ2n) is 3.04. The van der Waals surface area contributed by atoms with Gasteiger partial charge in [-0.15, -0.1) is 0 Å². The van der Waals surface area contributed by atoms with Crippen LogP contribution in [0.5, 0.6) is 5.75 Å². The summed E-state index contributed by atoms with van der Waals surface area (Å²) in [6.45, 7) is 2.64. The Labute approximate surface area is 93.4 Å². The molecule has 1 rings (SSSR count). The van der Waals surface area contributed by atoms with Gasteiger partial charge < -0.3 is 15.8 Å². The number of nitrogens with two attached hydrogens (primary N) is 1. The molecular formula is C10H13ClN2O2.